The predicted molar refractivity (Wildman–Crippen MR) is 100 cm³/mol. The van der Waals surface area contributed by atoms with Crippen LogP contribution in [0, 0.1) is 0 Å². The van der Waals surface area contributed by atoms with Gasteiger partial charge in [0.15, 0.2) is 12.2 Å². The molecule has 0 bridgehead atoms. The van der Waals surface area contributed by atoms with E-state index in [1.807, 2.05) is 39.2 Å². The molecule has 1 aromatic carbocycles. The van der Waals surface area contributed by atoms with Crippen molar-refractivity contribution in [1.29, 1.82) is 0 Å². The summed E-state index contributed by atoms with van der Waals surface area (Å²) in [6.45, 7) is 4.65. The number of benzene rings is 1. The molecule has 0 aromatic heterocycles. The molecule has 0 heterocycles. The van der Waals surface area contributed by atoms with Crippen molar-refractivity contribution in [3.8, 4) is 5.75 Å². The first kappa shape index (κ1) is 25.3. The van der Waals surface area contributed by atoms with Gasteiger partial charge < -0.3 is 35.0 Å². The average molecular weight is 400 g/mol. The molecule has 4 N–H and O–H groups in total. The molecule has 1 rings (SSSR count). The van der Waals surface area contributed by atoms with E-state index in [1.54, 1.807) is 13.1 Å². The van der Waals surface area contributed by atoms with Crippen LogP contribution in [0.15, 0.2) is 24.3 Å². The largest absolute Gasteiger partial charge is 0.479 e. The summed E-state index contributed by atoms with van der Waals surface area (Å²) in [5, 5.41) is 32.5. The lowest BCUT2D eigenvalue weighted by atomic mass is 10.1. The highest BCUT2D eigenvalue weighted by Gasteiger charge is 2.29. The zero-order valence-corrected chi connectivity index (χ0v) is 16.6. The van der Waals surface area contributed by atoms with Crippen molar-refractivity contribution in [3.05, 3.63) is 29.8 Å². The Bertz CT molecular complexity index is 647. The Morgan fingerprint density at radius 1 is 1.04 bits per heavy atom. The molecular weight excluding hydrogens is 372 g/mol. The van der Waals surface area contributed by atoms with Gasteiger partial charge in [-0.25, -0.2) is 14.4 Å². The van der Waals surface area contributed by atoms with Gasteiger partial charge in [-0.05, 0) is 45.6 Å². The summed E-state index contributed by atoms with van der Waals surface area (Å²) < 4.78 is 5.31. The van der Waals surface area contributed by atoms with Gasteiger partial charge in [-0.3, -0.25) is 0 Å². The molecule has 0 radical (unpaired) electrons. The second-order valence-electron chi connectivity index (χ2n) is 6.16. The van der Waals surface area contributed by atoms with Crippen LogP contribution in [0.1, 0.15) is 25.5 Å². The fraction of sp³-hybridized carbons (Fsp3) is 0.500. The maximum atomic E-state index is 11.7. The Labute approximate surface area is 163 Å². The molecule has 0 saturated heterocycles. The number of aliphatic carboxylic acids is 2. The van der Waals surface area contributed by atoms with Crippen LogP contribution in [0.25, 0.3) is 0 Å². The lowest BCUT2D eigenvalue weighted by Crippen LogP contribution is -2.39. The number of nitrogens with zero attached hydrogens (tertiary/aromatic N) is 2. The van der Waals surface area contributed by atoms with E-state index in [0.717, 1.165) is 5.56 Å². The van der Waals surface area contributed by atoms with Gasteiger partial charge >= 0.3 is 18.0 Å². The number of ether oxygens (including phenoxy) is 1. The fourth-order valence-corrected chi connectivity index (χ4v) is 1.71. The second-order valence-corrected chi connectivity index (χ2v) is 6.16. The summed E-state index contributed by atoms with van der Waals surface area (Å²) in [6.07, 6.45) is -4.86. The van der Waals surface area contributed by atoms with E-state index in [2.05, 4.69) is 11.8 Å². The number of carbonyl (C=O) groups excluding carboxylic acids is 1. The minimum absolute atomic E-state index is 0.285. The number of rotatable bonds is 7. The summed E-state index contributed by atoms with van der Waals surface area (Å²) in [5.41, 5.74) is 1.13. The van der Waals surface area contributed by atoms with Crippen LogP contribution in [0.5, 0.6) is 5.75 Å². The van der Waals surface area contributed by atoms with Crippen molar-refractivity contribution >= 4 is 18.0 Å². The molecule has 1 aromatic rings. The topological polar surface area (TPSA) is 148 Å². The monoisotopic (exact) mass is 400 g/mol. The van der Waals surface area contributed by atoms with Crippen LogP contribution >= 0.6 is 0 Å². The molecule has 0 saturated carbocycles. The number of hydrogen-bond donors (Lipinski definition) is 4. The summed E-state index contributed by atoms with van der Waals surface area (Å²) in [6, 6.07) is 7.93. The minimum atomic E-state index is -2.27. The molecule has 0 fully saturated rings. The van der Waals surface area contributed by atoms with Crippen molar-refractivity contribution in [1.82, 2.24) is 9.80 Å². The first-order chi connectivity index (χ1) is 12.9. The maximum Gasteiger partial charge on any atom is 0.414 e. The number of carboxylic acid groups (broad SMARTS) is 2. The van der Waals surface area contributed by atoms with Gasteiger partial charge in [0.2, 0.25) is 0 Å². The number of amides is 1. The number of aliphatic hydroxyl groups is 2. The Kier molecular flexibility index (Phi) is 10.8. The molecule has 0 aliphatic rings. The van der Waals surface area contributed by atoms with Crippen LogP contribution < -0.4 is 4.74 Å². The molecule has 28 heavy (non-hydrogen) atoms. The van der Waals surface area contributed by atoms with E-state index >= 15 is 0 Å². The number of carboxylic acids is 2. The average Bonchev–Trinajstić information content (AvgIpc) is 2.65. The lowest BCUT2D eigenvalue weighted by Gasteiger charge is -2.21. The van der Waals surface area contributed by atoms with Crippen LogP contribution in [-0.4, -0.2) is 88.2 Å². The van der Waals surface area contributed by atoms with E-state index < -0.39 is 24.1 Å². The third-order valence-corrected chi connectivity index (χ3v) is 3.91. The summed E-state index contributed by atoms with van der Waals surface area (Å²) >= 11 is 0. The van der Waals surface area contributed by atoms with Gasteiger partial charge in [-0.1, -0.05) is 12.1 Å². The summed E-state index contributed by atoms with van der Waals surface area (Å²) in [4.78, 5) is 34.8. The maximum absolute atomic E-state index is 11.7. The van der Waals surface area contributed by atoms with E-state index in [0.29, 0.717) is 12.3 Å². The molecule has 1 unspecified atom stereocenters. The number of hydrogen-bond acceptors (Lipinski definition) is 7. The van der Waals surface area contributed by atoms with Gasteiger partial charge in [0.05, 0.1) is 0 Å². The van der Waals surface area contributed by atoms with Crippen molar-refractivity contribution in [2.75, 3.05) is 27.7 Å². The fourth-order valence-electron chi connectivity index (χ4n) is 1.71. The lowest BCUT2D eigenvalue weighted by molar-refractivity contribution is -0.165. The van der Waals surface area contributed by atoms with Gasteiger partial charge in [0.25, 0.3) is 0 Å². The van der Waals surface area contributed by atoms with E-state index in [-0.39, 0.29) is 12.1 Å². The van der Waals surface area contributed by atoms with Crippen molar-refractivity contribution < 1.29 is 39.5 Å². The highest BCUT2D eigenvalue weighted by Crippen LogP contribution is 2.22. The zero-order valence-electron chi connectivity index (χ0n) is 16.6. The minimum Gasteiger partial charge on any atom is -0.479 e. The molecule has 158 valence electrons. The van der Waals surface area contributed by atoms with Crippen molar-refractivity contribution in [3.63, 3.8) is 0 Å². The Morgan fingerprint density at radius 3 is 1.93 bits per heavy atom. The normalized spacial score (nSPS) is 13.6. The van der Waals surface area contributed by atoms with Gasteiger partial charge in [-0.2, -0.15) is 0 Å². The second kappa shape index (κ2) is 11.9. The van der Waals surface area contributed by atoms with Crippen LogP contribution in [0.3, 0.4) is 0 Å². The highest BCUT2D eigenvalue weighted by atomic mass is 16.6. The molecule has 0 aliphatic heterocycles. The van der Waals surface area contributed by atoms with Crippen LogP contribution in [-0.2, 0) is 9.59 Å². The third-order valence-electron chi connectivity index (χ3n) is 3.91. The van der Waals surface area contributed by atoms with Gasteiger partial charge in [-0.15, -0.1) is 0 Å². The number of carbonyl (C=O) groups is 3. The Hall–Kier alpha value is -2.69. The van der Waals surface area contributed by atoms with Gasteiger partial charge in [0.1, 0.15) is 5.75 Å². The third kappa shape index (κ3) is 8.33. The van der Waals surface area contributed by atoms with Crippen LogP contribution in [0.4, 0.5) is 4.79 Å². The zero-order chi connectivity index (χ0) is 22.0. The summed E-state index contributed by atoms with van der Waals surface area (Å²) in [7, 11) is 5.76. The highest BCUT2D eigenvalue weighted by molar-refractivity contribution is 5.83. The smallest absolute Gasteiger partial charge is 0.414 e. The first-order valence-corrected chi connectivity index (χ1v) is 8.43. The Morgan fingerprint density at radius 2 is 1.54 bits per heavy atom. The molecule has 10 nitrogen and oxygen atoms in total. The van der Waals surface area contributed by atoms with Gasteiger partial charge in [0, 0.05) is 19.6 Å². The van der Waals surface area contributed by atoms with Crippen molar-refractivity contribution in [2.24, 2.45) is 0 Å². The van der Waals surface area contributed by atoms with E-state index in [1.165, 1.54) is 4.90 Å². The first-order valence-electron chi connectivity index (χ1n) is 8.43. The molecular formula is C18H28N2O8. The Balaban J connectivity index is 0.000000621. The molecule has 3 atom stereocenters. The number of aliphatic hydroxyl groups excluding tert-OH is 2. The van der Waals surface area contributed by atoms with Crippen molar-refractivity contribution in [2.45, 2.75) is 32.1 Å². The quantitative estimate of drug-likeness (QED) is 0.517. The molecule has 0 aliphatic carbocycles. The summed E-state index contributed by atoms with van der Waals surface area (Å²) in [5.74, 6) is -2.95. The van der Waals surface area contributed by atoms with E-state index in [4.69, 9.17) is 25.2 Å². The standard InChI is InChI=1S/C14H22N2O2.C4H6O6/c1-6-16(5)14(17)18-13-9-7-8-12(10-13)11(2)15(3)4;5-1(3(7)8)2(6)4(9)10/h7-11H,6H2,1-5H3;1-2,5-6H,(H,7,8)(H,9,10)/t;1-,2-/m.0/s1. The molecule has 1 amide bonds. The SMILES string of the molecule is CCN(C)C(=O)Oc1cccc(C(C)N(C)C)c1.O=C(O)[C@@H](O)[C@H](O)C(=O)O. The van der Waals surface area contributed by atoms with Crippen LogP contribution in [0.2, 0.25) is 0 Å². The van der Waals surface area contributed by atoms with E-state index in [9.17, 15) is 14.4 Å². The predicted octanol–water partition coefficient (Wildman–Crippen LogP) is 0.637. The molecule has 0 spiro atoms. The molecule has 10 heteroatoms.